The summed E-state index contributed by atoms with van der Waals surface area (Å²) in [5.41, 5.74) is 4.17. The number of pyridine rings is 1. The monoisotopic (exact) mass is 426 g/mol. The summed E-state index contributed by atoms with van der Waals surface area (Å²) in [6, 6.07) is 6.66. The molecule has 0 atom stereocenters. The predicted octanol–water partition coefficient (Wildman–Crippen LogP) is 3.68. The number of halogens is 1. The summed E-state index contributed by atoms with van der Waals surface area (Å²) < 4.78 is 23.5. The molecule has 9 nitrogen and oxygen atoms in total. The highest BCUT2D eigenvalue weighted by Gasteiger charge is 2.21. The number of imidazole rings is 1. The van der Waals surface area contributed by atoms with Gasteiger partial charge >= 0.3 is 0 Å². The molecule has 0 aliphatic carbocycles. The molecule has 0 spiro atoms. The van der Waals surface area contributed by atoms with E-state index in [9.17, 15) is 4.39 Å². The van der Waals surface area contributed by atoms with Crippen molar-refractivity contribution in [2.24, 2.45) is 0 Å². The normalized spacial score (nSPS) is 12.6. The molecule has 1 N–H and O–H groups in total. The summed E-state index contributed by atoms with van der Waals surface area (Å²) in [5, 5.41) is 11.5. The Morgan fingerprint density at radius 2 is 2.06 bits per heavy atom. The van der Waals surface area contributed by atoms with E-state index >= 15 is 0 Å². The topological polar surface area (TPSA) is 86.0 Å². The van der Waals surface area contributed by atoms with Crippen LogP contribution in [0.3, 0.4) is 0 Å². The van der Waals surface area contributed by atoms with Gasteiger partial charge in [0, 0.05) is 30.3 Å². The number of benzene rings is 1. The van der Waals surface area contributed by atoms with Gasteiger partial charge in [-0.2, -0.15) is 0 Å². The van der Waals surface area contributed by atoms with E-state index in [2.05, 4.69) is 30.3 Å². The summed E-state index contributed by atoms with van der Waals surface area (Å²) in [4.78, 5) is 12.5. The zero-order chi connectivity index (χ0) is 21.7. The maximum Gasteiger partial charge on any atom is 0.236 e. The highest BCUT2D eigenvalue weighted by atomic mass is 19.1. The SMILES string of the molecule is [C-]#[N+]c1ccc(-c2cnc(NCc3c(F)ccc4c3CCO4)n3cnnc23)c2nccn12. The Morgan fingerprint density at radius 1 is 1.12 bits per heavy atom. The van der Waals surface area contributed by atoms with Crippen LogP contribution in [0.15, 0.2) is 49.2 Å². The average Bonchev–Trinajstić information content (AvgIpc) is 3.58. The summed E-state index contributed by atoms with van der Waals surface area (Å²) in [6.07, 6.45) is 7.31. The quantitative estimate of drug-likeness (QED) is 0.441. The maximum atomic E-state index is 14.5. The third-order valence-electron chi connectivity index (χ3n) is 5.63. The van der Waals surface area contributed by atoms with Crippen LogP contribution in [0, 0.1) is 12.4 Å². The van der Waals surface area contributed by atoms with Crippen molar-refractivity contribution in [3.63, 3.8) is 0 Å². The van der Waals surface area contributed by atoms with Gasteiger partial charge in [0.25, 0.3) is 0 Å². The van der Waals surface area contributed by atoms with Gasteiger partial charge in [0.2, 0.25) is 17.4 Å². The van der Waals surface area contributed by atoms with E-state index in [1.54, 1.807) is 45.9 Å². The maximum absolute atomic E-state index is 14.5. The van der Waals surface area contributed by atoms with Crippen molar-refractivity contribution in [3.8, 4) is 16.9 Å². The lowest BCUT2D eigenvalue weighted by molar-refractivity contribution is 0.356. The van der Waals surface area contributed by atoms with Gasteiger partial charge in [0.05, 0.1) is 30.1 Å². The smallest absolute Gasteiger partial charge is 0.236 e. The Hall–Kier alpha value is -4.52. The van der Waals surface area contributed by atoms with Crippen LogP contribution in [-0.4, -0.2) is 35.6 Å². The number of hydrogen-bond acceptors (Lipinski definition) is 6. The Morgan fingerprint density at radius 3 is 2.97 bits per heavy atom. The molecule has 0 saturated heterocycles. The van der Waals surface area contributed by atoms with Crippen molar-refractivity contribution in [1.29, 1.82) is 0 Å². The summed E-state index contributed by atoms with van der Waals surface area (Å²) in [5.74, 6) is 1.40. The van der Waals surface area contributed by atoms with Crippen molar-refractivity contribution in [3.05, 3.63) is 77.5 Å². The number of anilines is 1. The lowest BCUT2D eigenvalue weighted by atomic mass is 10.0. The number of rotatable bonds is 4. The number of fused-ring (bicyclic) bond motifs is 3. The van der Waals surface area contributed by atoms with Crippen molar-refractivity contribution < 1.29 is 9.13 Å². The van der Waals surface area contributed by atoms with Crippen molar-refractivity contribution in [1.82, 2.24) is 29.0 Å². The van der Waals surface area contributed by atoms with Crippen LogP contribution in [0.5, 0.6) is 5.75 Å². The second-order valence-corrected chi connectivity index (χ2v) is 7.31. The molecule has 5 aromatic rings. The second kappa shape index (κ2) is 7.02. The third kappa shape index (κ3) is 2.68. The van der Waals surface area contributed by atoms with Crippen LogP contribution in [0.4, 0.5) is 16.2 Å². The highest BCUT2D eigenvalue weighted by Crippen LogP contribution is 2.32. The van der Waals surface area contributed by atoms with Crippen LogP contribution in [-0.2, 0) is 13.0 Å². The predicted molar refractivity (Wildman–Crippen MR) is 114 cm³/mol. The molecule has 0 radical (unpaired) electrons. The molecule has 0 saturated carbocycles. The first-order valence-electron chi connectivity index (χ1n) is 9.94. The minimum atomic E-state index is -0.278. The van der Waals surface area contributed by atoms with Crippen LogP contribution >= 0.6 is 0 Å². The molecule has 1 aliphatic heterocycles. The molecule has 6 rings (SSSR count). The zero-order valence-electron chi connectivity index (χ0n) is 16.7. The molecular weight excluding hydrogens is 411 g/mol. The molecule has 4 aromatic heterocycles. The van der Waals surface area contributed by atoms with E-state index in [1.165, 1.54) is 6.07 Å². The Labute approximate surface area is 181 Å². The third-order valence-corrected chi connectivity index (χ3v) is 5.63. The molecule has 0 amide bonds. The van der Waals surface area contributed by atoms with E-state index < -0.39 is 0 Å². The van der Waals surface area contributed by atoms with E-state index in [0.717, 1.165) is 22.4 Å². The van der Waals surface area contributed by atoms with Gasteiger partial charge in [-0.25, -0.2) is 18.8 Å². The fourth-order valence-electron chi connectivity index (χ4n) is 4.12. The van der Waals surface area contributed by atoms with Crippen LogP contribution < -0.4 is 10.1 Å². The van der Waals surface area contributed by atoms with Gasteiger partial charge in [-0.1, -0.05) is 12.6 Å². The molecule has 32 heavy (non-hydrogen) atoms. The fourth-order valence-corrected chi connectivity index (χ4v) is 4.12. The number of hydrogen-bond donors (Lipinski definition) is 1. The van der Waals surface area contributed by atoms with Gasteiger partial charge in [-0.05, 0) is 18.2 Å². The van der Waals surface area contributed by atoms with Crippen molar-refractivity contribution in [2.75, 3.05) is 11.9 Å². The van der Waals surface area contributed by atoms with E-state index in [4.69, 9.17) is 11.3 Å². The number of nitrogens with one attached hydrogen (secondary N) is 1. The first-order valence-corrected chi connectivity index (χ1v) is 9.94. The first-order chi connectivity index (χ1) is 15.7. The lowest BCUT2D eigenvalue weighted by Crippen LogP contribution is -2.09. The number of aromatic nitrogens is 6. The molecular formula is C22H15FN8O. The second-order valence-electron chi connectivity index (χ2n) is 7.31. The van der Waals surface area contributed by atoms with Gasteiger partial charge in [0.1, 0.15) is 17.9 Å². The minimum absolute atomic E-state index is 0.252. The molecule has 1 aliphatic rings. The first kappa shape index (κ1) is 18.3. The van der Waals surface area contributed by atoms with Gasteiger partial charge in [-0.3, -0.25) is 4.40 Å². The Balaban J connectivity index is 1.40. The van der Waals surface area contributed by atoms with Gasteiger partial charge in [0.15, 0.2) is 5.65 Å². The summed E-state index contributed by atoms with van der Waals surface area (Å²) in [6.45, 7) is 8.16. The molecule has 10 heteroatoms. The number of ether oxygens (including phenoxy) is 1. The van der Waals surface area contributed by atoms with Crippen LogP contribution in [0.25, 0.3) is 27.3 Å². The Bertz CT molecular complexity index is 1550. The summed E-state index contributed by atoms with van der Waals surface area (Å²) >= 11 is 0. The van der Waals surface area contributed by atoms with Crippen LogP contribution in [0.2, 0.25) is 0 Å². The average molecular weight is 426 g/mol. The number of nitrogens with zero attached hydrogens (tertiary/aromatic N) is 7. The van der Waals surface area contributed by atoms with Crippen molar-refractivity contribution in [2.45, 2.75) is 13.0 Å². The molecule has 0 bridgehead atoms. The highest BCUT2D eigenvalue weighted by molar-refractivity contribution is 5.87. The summed E-state index contributed by atoms with van der Waals surface area (Å²) in [7, 11) is 0. The van der Waals surface area contributed by atoms with Gasteiger partial charge < -0.3 is 14.9 Å². The Kier molecular flexibility index (Phi) is 4.01. The molecule has 0 unspecified atom stereocenters. The molecule has 156 valence electrons. The molecule has 0 fully saturated rings. The fraction of sp³-hybridized carbons (Fsp3) is 0.136. The van der Waals surface area contributed by atoms with Crippen molar-refractivity contribution >= 4 is 23.1 Å². The molecule has 5 heterocycles. The van der Waals surface area contributed by atoms with Crippen LogP contribution in [0.1, 0.15) is 11.1 Å². The largest absolute Gasteiger partial charge is 0.493 e. The van der Waals surface area contributed by atoms with E-state index in [1.807, 2.05) is 6.07 Å². The zero-order valence-corrected chi connectivity index (χ0v) is 16.7. The molecule has 1 aromatic carbocycles. The van der Waals surface area contributed by atoms with E-state index in [-0.39, 0.29) is 12.4 Å². The lowest BCUT2D eigenvalue weighted by Gasteiger charge is -2.12. The van der Waals surface area contributed by atoms with E-state index in [0.29, 0.717) is 41.7 Å². The van der Waals surface area contributed by atoms with Gasteiger partial charge in [-0.15, -0.1) is 10.2 Å². The minimum Gasteiger partial charge on any atom is -0.493 e. The standard InChI is InChI=1S/C22H15FN8O/c1-24-19-5-2-14(20-25-7-8-30(19)20)16-11-27-22(31-12-28-29-21(16)31)26-10-15-13-6-9-32-18(13)4-3-17(15)23/h2-5,7-8,11-12H,6,9-10H2,(H,26,27).